The van der Waals surface area contributed by atoms with Crippen molar-refractivity contribution < 1.29 is 4.74 Å². The van der Waals surface area contributed by atoms with Crippen molar-refractivity contribution in [1.82, 2.24) is 0 Å². The van der Waals surface area contributed by atoms with E-state index in [1.165, 1.54) is 10.5 Å². The molecule has 0 amide bonds. The summed E-state index contributed by atoms with van der Waals surface area (Å²) in [6.45, 7) is 10.8. The molecule has 0 heterocycles. The first-order valence-electron chi connectivity index (χ1n) is 5.69. The molecule has 0 aliphatic carbocycles. The lowest BCUT2D eigenvalue weighted by Crippen LogP contribution is -2.16. The molecule has 0 spiro atoms. The third-order valence-electron chi connectivity index (χ3n) is 2.36. The topological polar surface area (TPSA) is 9.23 Å². The number of ether oxygens (including phenoxy) is 1. The first-order chi connectivity index (χ1) is 7.34. The fourth-order valence-corrected chi connectivity index (χ4v) is 2.02. The minimum absolute atomic E-state index is 0.121. The van der Waals surface area contributed by atoms with Gasteiger partial charge in [-0.15, -0.1) is 11.8 Å². The molecule has 0 unspecified atom stereocenters. The summed E-state index contributed by atoms with van der Waals surface area (Å²) in [6, 6.07) is 6.45. The molecule has 2 heteroatoms. The fraction of sp³-hybridized carbons (Fsp3) is 0.571. The van der Waals surface area contributed by atoms with Crippen LogP contribution in [0.4, 0.5) is 0 Å². The van der Waals surface area contributed by atoms with Crippen LogP contribution in [-0.2, 0) is 5.41 Å². The summed E-state index contributed by atoms with van der Waals surface area (Å²) in [5, 5.41) is 0. The summed E-state index contributed by atoms with van der Waals surface area (Å²) in [5.41, 5.74) is 1.41. The summed E-state index contributed by atoms with van der Waals surface area (Å²) in [5.74, 6) is 1.01. The zero-order valence-electron chi connectivity index (χ0n) is 11.1. The van der Waals surface area contributed by atoms with Gasteiger partial charge in [0.2, 0.25) is 0 Å². The van der Waals surface area contributed by atoms with Crippen LogP contribution in [0.5, 0.6) is 5.75 Å². The third kappa shape index (κ3) is 3.44. The highest BCUT2D eigenvalue weighted by atomic mass is 32.2. The van der Waals surface area contributed by atoms with Crippen LogP contribution < -0.4 is 4.74 Å². The van der Waals surface area contributed by atoms with Gasteiger partial charge in [0.1, 0.15) is 5.75 Å². The Balaban J connectivity index is 3.17. The van der Waals surface area contributed by atoms with Crippen molar-refractivity contribution >= 4 is 11.8 Å². The molecule has 1 rings (SSSR count). The van der Waals surface area contributed by atoms with Crippen LogP contribution in [0.2, 0.25) is 0 Å². The van der Waals surface area contributed by atoms with E-state index in [1.807, 2.05) is 0 Å². The zero-order valence-corrected chi connectivity index (χ0v) is 11.9. The second-order valence-electron chi connectivity index (χ2n) is 5.28. The van der Waals surface area contributed by atoms with Crippen LogP contribution in [-0.4, -0.2) is 12.4 Å². The molecule has 90 valence electrons. The molecule has 0 aromatic heterocycles. The van der Waals surface area contributed by atoms with Gasteiger partial charge >= 0.3 is 0 Å². The van der Waals surface area contributed by atoms with Gasteiger partial charge < -0.3 is 4.74 Å². The molecule has 0 fully saturated rings. The molecule has 0 saturated carbocycles. The smallest absolute Gasteiger partial charge is 0.123 e. The largest absolute Gasteiger partial charge is 0.491 e. The minimum Gasteiger partial charge on any atom is -0.491 e. The second-order valence-corrected chi connectivity index (χ2v) is 6.16. The predicted molar refractivity (Wildman–Crippen MR) is 72.7 cm³/mol. The van der Waals surface area contributed by atoms with Crippen molar-refractivity contribution in [3.05, 3.63) is 23.8 Å². The molecule has 1 aromatic rings. The Morgan fingerprint density at radius 2 is 1.81 bits per heavy atom. The molecule has 0 bridgehead atoms. The van der Waals surface area contributed by atoms with E-state index in [9.17, 15) is 0 Å². The maximum absolute atomic E-state index is 5.86. The molecular weight excluding hydrogens is 216 g/mol. The molecule has 0 radical (unpaired) electrons. The van der Waals surface area contributed by atoms with Gasteiger partial charge in [0.25, 0.3) is 0 Å². The Kier molecular flexibility index (Phi) is 4.31. The van der Waals surface area contributed by atoms with Crippen LogP contribution in [0.25, 0.3) is 0 Å². The Morgan fingerprint density at radius 1 is 1.19 bits per heavy atom. The molecule has 0 aliphatic rings. The molecule has 0 atom stereocenters. The normalized spacial score (nSPS) is 11.9. The van der Waals surface area contributed by atoms with Gasteiger partial charge in [-0.1, -0.05) is 20.8 Å². The first kappa shape index (κ1) is 13.4. The number of thioether (sulfide) groups is 1. The molecule has 16 heavy (non-hydrogen) atoms. The van der Waals surface area contributed by atoms with E-state index in [2.05, 4.69) is 59.1 Å². The average Bonchev–Trinajstić information content (AvgIpc) is 2.15. The lowest BCUT2D eigenvalue weighted by Gasteiger charge is -2.24. The maximum Gasteiger partial charge on any atom is 0.123 e. The highest BCUT2D eigenvalue weighted by molar-refractivity contribution is 7.98. The van der Waals surface area contributed by atoms with Crippen molar-refractivity contribution in [3.63, 3.8) is 0 Å². The number of rotatable bonds is 3. The van der Waals surface area contributed by atoms with Gasteiger partial charge in [-0.3, -0.25) is 0 Å². The van der Waals surface area contributed by atoms with Gasteiger partial charge in [0.15, 0.2) is 0 Å². The zero-order chi connectivity index (χ0) is 12.3. The second kappa shape index (κ2) is 5.13. The van der Waals surface area contributed by atoms with E-state index < -0.39 is 0 Å². The molecule has 0 aliphatic heterocycles. The summed E-state index contributed by atoms with van der Waals surface area (Å²) in [4.78, 5) is 1.29. The van der Waals surface area contributed by atoms with Crippen molar-refractivity contribution in [2.45, 2.75) is 51.0 Å². The van der Waals surface area contributed by atoms with Gasteiger partial charge in [0.05, 0.1) is 6.10 Å². The Bertz CT molecular complexity index is 350. The van der Waals surface area contributed by atoms with E-state index in [4.69, 9.17) is 4.74 Å². The lowest BCUT2D eigenvalue weighted by molar-refractivity contribution is 0.236. The third-order valence-corrected chi connectivity index (χ3v) is 3.08. The van der Waals surface area contributed by atoms with Crippen LogP contribution in [0.15, 0.2) is 23.1 Å². The van der Waals surface area contributed by atoms with Crippen molar-refractivity contribution in [3.8, 4) is 5.75 Å². The van der Waals surface area contributed by atoms with Crippen molar-refractivity contribution in [1.29, 1.82) is 0 Å². The maximum atomic E-state index is 5.86. The predicted octanol–water partition coefficient (Wildman–Crippen LogP) is 4.49. The number of benzene rings is 1. The van der Waals surface area contributed by atoms with Gasteiger partial charge in [-0.25, -0.2) is 0 Å². The van der Waals surface area contributed by atoms with Gasteiger partial charge in [-0.05, 0) is 43.7 Å². The molecular formula is C14H22OS. The fourth-order valence-electron chi connectivity index (χ4n) is 1.58. The molecule has 0 saturated heterocycles. The summed E-state index contributed by atoms with van der Waals surface area (Å²) < 4.78 is 5.86. The highest BCUT2D eigenvalue weighted by Gasteiger charge is 2.20. The van der Waals surface area contributed by atoms with Crippen LogP contribution in [0.1, 0.15) is 40.2 Å². The Labute approximate surface area is 104 Å². The van der Waals surface area contributed by atoms with Crippen molar-refractivity contribution in [2.75, 3.05) is 6.26 Å². The minimum atomic E-state index is 0.121. The van der Waals surface area contributed by atoms with E-state index >= 15 is 0 Å². The van der Waals surface area contributed by atoms with E-state index in [1.54, 1.807) is 11.8 Å². The highest BCUT2D eigenvalue weighted by Crippen LogP contribution is 2.34. The van der Waals surface area contributed by atoms with E-state index in [-0.39, 0.29) is 11.5 Å². The number of hydrogen-bond donors (Lipinski definition) is 0. The Hall–Kier alpha value is -0.630. The van der Waals surface area contributed by atoms with Crippen LogP contribution >= 0.6 is 11.8 Å². The van der Waals surface area contributed by atoms with Crippen molar-refractivity contribution in [2.24, 2.45) is 0 Å². The van der Waals surface area contributed by atoms with E-state index in [0.717, 1.165) is 5.75 Å². The Morgan fingerprint density at radius 3 is 2.25 bits per heavy atom. The standard InChI is InChI=1S/C14H22OS/c1-10(2)15-13-8-7-11(16-6)9-12(13)14(3,4)5/h7-10H,1-6H3. The quantitative estimate of drug-likeness (QED) is 0.717. The average molecular weight is 238 g/mol. The van der Waals surface area contributed by atoms with Gasteiger partial charge in [-0.2, -0.15) is 0 Å². The van der Waals surface area contributed by atoms with E-state index in [0.29, 0.717) is 0 Å². The summed E-state index contributed by atoms with van der Waals surface area (Å²) in [6.07, 6.45) is 2.33. The summed E-state index contributed by atoms with van der Waals surface area (Å²) in [7, 11) is 0. The molecule has 1 nitrogen and oxygen atoms in total. The van der Waals surface area contributed by atoms with Crippen LogP contribution in [0, 0.1) is 0 Å². The molecule has 1 aromatic carbocycles. The number of hydrogen-bond acceptors (Lipinski definition) is 2. The van der Waals surface area contributed by atoms with Crippen LogP contribution in [0.3, 0.4) is 0 Å². The summed E-state index contributed by atoms with van der Waals surface area (Å²) >= 11 is 1.77. The SMILES string of the molecule is CSc1ccc(OC(C)C)c(C(C)(C)C)c1. The molecule has 0 N–H and O–H groups in total. The van der Waals surface area contributed by atoms with Gasteiger partial charge in [0, 0.05) is 10.5 Å². The lowest BCUT2D eigenvalue weighted by atomic mass is 9.86. The first-order valence-corrected chi connectivity index (χ1v) is 6.92. The monoisotopic (exact) mass is 238 g/mol.